The number of fused-ring (bicyclic) bond motifs is 1. The van der Waals surface area contributed by atoms with E-state index in [0.29, 0.717) is 0 Å². The molecule has 0 bridgehead atoms. The monoisotopic (exact) mass is 375 g/mol. The Balaban J connectivity index is 1.72. The topological polar surface area (TPSA) is 30.7 Å². The summed E-state index contributed by atoms with van der Waals surface area (Å²) in [5.74, 6) is 1.11. The van der Waals surface area contributed by atoms with Crippen molar-refractivity contribution in [3.05, 3.63) is 94.0 Å². The highest BCUT2D eigenvalue weighted by atomic mass is 35.5. The Morgan fingerprint density at radius 1 is 0.926 bits per heavy atom. The zero-order chi connectivity index (χ0) is 18.8. The SMILES string of the molecule is Cc1cc2nc(CCc3cccnc3)n(Cc3ccc(Cl)cc3)c2cc1C. The van der Waals surface area contributed by atoms with Gasteiger partial charge in [-0.2, -0.15) is 0 Å². The molecule has 0 amide bonds. The average molecular weight is 376 g/mol. The van der Waals surface area contributed by atoms with Crippen LogP contribution in [0.4, 0.5) is 0 Å². The highest BCUT2D eigenvalue weighted by Gasteiger charge is 2.13. The fraction of sp³-hybridized carbons (Fsp3) is 0.217. The lowest BCUT2D eigenvalue weighted by molar-refractivity contribution is 0.729. The van der Waals surface area contributed by atoms with Gasteiger partial charge in [-0.1, -0.05) is 29.8 Å². The standard InChI is InChI=1S/C23H22ClN3/c1-16-12-21-22(13-17(16)2)27(15-19-5-8-20(24)9-6-19)23(26-21)10-7-18-4-3-11-25-14-18/h3-6,8-9,11-14H,7,10,15H2,1-2H3. The number of imidazole rings is 1. The van der Waals surface area contributed by atoms with Gasteiger partial charge in [0, 0.05) is 30.4 Å². The minimum Gasteiger partial charge on any atom is -0.323 e. The van der Waals surface area contributed by atoms with Crippen LogP contribution in [0, 0.1) is 13.8 Å². The number of nitrogens with zero attached hydrogens (tertiary/aromatic N) is 3. The van der Waals surface area contributed by atoms with Gasteiger partial charge in [0.25, 0.3) is 0 Å². The third-order valence-electron chi connectivity index (χ3n) is 5.06. The summed E-state index contributed by atoms with van der Waals surface area (Å²) >= 11 is 6.05. The van der Waals surface area contributed by atoms with Gasteiger partial charge in [0.2, 0.25) is 0 Å². The summed E-state index contributed by atoms with van der Waals surface area (Å²) in [6, 6.07) is 16.6. The quantitative estimate of drug-likeness (QED) is 0.458. The fourth-order valence-corrected chi connectivity index (χ4v) is 3.50. The molecule has 27 heavy (non-hydrogen) atoms. The van der Waals surface area contributed by atoms with Crippen molar-refractivity contribution in [1.82, 2.24) is 14.5 Å². The predicted octanol–water partition coefficient (Wildman–Crippen LogP) is 5.54. The third-order valence-corrected chi connectivity index (χ3v) is 5.31. The van der Waals surface area contributed by atoms with Gasteiger partial charge in [-0.05, 0) is 72.9 Å². The van der Waals surface area contributed by atoms with Gasteiger partial charge in [0.05, 0.1) is 11.0 Å². The van der Waals surface area contributed by atoms with Crippen molar-refractivity contribution >= 4 is 22.6 Å². The molecule has 0 radical (unpaired) electrons. The first-order chi connectivity index (χ1) is 13.1. The Kier molecular flexibility index (Phi) is 4.95. The number of aromatic nitrogens is 3. The van der Waals surface area contributed by atoms with E-state index < -0.39 is 0 Å². The van der Waals surface area contributed by atoms with E-state index in [1.165, 1.54) is 27.8 Å². The average Bonchev–Trinajstić information content (AvgIpc) is 2.99. The molecule has 0 unspecified atom stereocenters. The van der Waals surface area contributed by atoms with E-state index in [2.05, 4.69) is 53.7 Å². The number of hydrogen-bond acceptors (Lipinski definition) is 2. The summed E-state index contributed by atoms with van der Waals surface area (Å²) in [7, 11) is 0. The maximum absolute atomic E-state index is 6.05. The molecule has 2 heterocycles. The van der Waals surface area contributed by atoms with Gasteiger partial charge in [-0.25, -0.2) is 4.98 Å². The molecule has 2 aromatic heterocycles. The van der Waals surface area contributed by atoms with Crippen molar-refractivity contribution in [3.8, 4) is 0 Å². The first kappa shape index (κ1) is 17.7. The van der Waals surface area contributed by atoms with E-state index in [9.17, 15) is 0 Å². The van der Waals surface area contributed by atoms with Gasteiger partial charge in [0.15, 0.2) is 0 Å². The van der Waals surface area contributed by atoms with Crippen LogP contribution in [-0.4, -0.2) is 14.5 Å². The first-order valence-electron chi connectivity index (χ1n) is 9.20. The van der Waals surface area contributed by atoms with Crippen LogP contribution in [0.1, 0.15) is 28.1 Å². The highest BCUT2D eigenvalue weighted by Crippen LogP contribution is 2.23. The van der Waals surface area contributed by atoms with E-state index in [4.69, 9.17) is 16.6 Å². The Morgan fingerprint density at radius 2 is 1.70 bits per heavy atom. The highest BCUT2D eigenvalue weighted by molar-refractivity contribution is 6.30. The van der Waals surface area contributed by atoms with Crippen LogP contribution in [0.5, 0.6) is 0 Å². The van der Waals surface area contributed by atoms with Crippen molar-refractivity contribution in [2.24, 2.45) is 0 Å². The van der Waals surface area contributed by atoms with Crippen LogP contribution < -0.4 is 0 Å². The second kappa shape index (κ2) is 7.53. The minimum absolute atomic E-state index is 0.762. The molecule has 4 aromatic rings. The molecule has 0 atom stereocenters. The van der Waals surface area contributed by atoms with Crippen molar-refractivity contribution < 1.29 is 0 Å². The lowest BCUT2D eigenvalue weighted by Crippen LogP contribution is -2.07. The van der Waals surface area contributed by atoms with Gasteiger partial charge < -0.3 is 4.57 Å². The zero-order valence-corrected chi connectivity index (χ0v) is 16.4. The van der Waals surface area contributed by atoms with Gasteiger partial charge in [-0.15, -0.1) is 0 Å². The molecule has 136 valence electrons. The van der Waals surface area contributed by atoms with Crippen molar-refractivity contribution in [1.29, 1.82) is 0 Å². The van der Waals surface area contributed by atoms with Crippen molar-refractivity contribution in [2.75, 3.05) is 0 Å². The molecule has 0 N–H and O–H groups in total. The molecule has 0 aliphatic rings. The molecule has 0 spiro atoms. The third kappa shape index (κ3) is 3.88. The molecule has 2 aromatic carbocycles. The molecule has 0 aliphatic carbocycles. The van der Waals surface area contributed by atoms with Gasteiger partial charge >= 0.3 is 0 Å². The Morgan fingerprint density at radius 3 is 2.44 bits per heavy atom. The maximum atomic E-state index is 6.05. The van der Waals surface area contributed by atoms with Gasteiger partial charge in [-0.3, -0.25) is 4.98 Å². The number of benzene rings is 2. The van der Waals surface area contributed by atoms with Crippen LogP contribution in [0.3, 0.4) is 0 Å². The minimum atomic E-state index is 0.762. The Labute approximate surface area is 164 Å². The van der Waals surface area contributed by atoms with E-state index in [1.807, 2.05) is 30.6 Å². The van der Waals surface area contributed by atoms with Gasteiger partial charge in [0.1, 0.15) is 5.82 Å². The fourth-order valence-electron chi connectivity index (χ4n) is 3.37. The van der Waals surface area contributed by atoms with Crippen LogP contribution in [0.2, 0.25) is 5.02 Å². The van der Waals surface area contributed by atoms with Crippen LogP contribution >= 0.6 is 11.6 Å². The van der Waals surface area contributed by atoms with Crippen molar-refractivity contribution in [2.45, 2.75) is 33.2 Å². The summed E-state index contributed by atoms with van der Waals surface area (Å²) in [5.41, 5.74) is 7.27. The van der Waals surface area contributed by atoms with E-state index in [0.717, 1.165) is 35.8 Å². The van der Waals surface area contributed by atoms with Crippen LogP contribution in [0.15, 0.2) is 60.9 Å². The molecule has 0 aliphatic heterocycles. The second-order valence-corrected chi connectivity index (χ2v) is 7.46. The molecule has 4 heteroatoms. The smallest absolute Gasteiger partial charge is 0.110 e. The lowest BCUT2D eigenvalue weighted by atomic mass is 10.1. The zero-order valence-electron chi connectivity index (χ0n) is 15.6. The van der Waals surface area contributed by atoms with Crippen LogP contribution in [-0.2, 0) is 19.4 Å². The van der Waals surface area contributed by atoms with E-state index in [-0.39, 0.29) is 0 Å². The second-order valence-electron chi connectivity index (χ2n) is 7.03. The van der Waals surface area contributed by atoms with Crippen LogP contribution in [0.25, 0.3) is 11.0 Å². The number of rotatable bonds is 5. The lowest BCUT2D eigenvalue weighted by Gasteiger charge is -2.11. The Bertz CT molecular complexity index is 1070. The summed E-state index contributed by atoms with van der Waals surface area (Å²) < 4.78 is 2.33. The summed E-state index contributed by atoms with van der Waals surface area (Å²) in [5, 5.41) is 0.762. The first-order valence-corrected chi connectivity index (χ1v) is 9.57. The van der Waals surface area contributed by atoms with Crippen molar-refractivity contribution in [3.63, 3.8) is 0 Å². The van der Waals surface area contributed by atoms with E-state index >= 15 is 0 Å². The number of pyridine rings is 1. The number of hydrogen-bond donors (Lipinski definition) is 0. The molecule has 0 saturated heterocycles. The molecule has 0 saturated carbocycles. The number of halogens is 1. The molecular weight excluding hydrogens is 354 g/mol. The molecule has 0 fully saturated rings. The summed E-state index contributed by atoms with van der Waals surface area (Å²) in [4.78, 5) is 9.18. The molecule has 4 rings (SSSR count). The van der Waals surface area contributed by atoms with E-state index in [1.54, 1.807) is 0 Å². The normalized spacial score (nSPS) is 11.2. The molecule has 3 nitrogen and oxygen atoms in total. The largest absolute Gasteiger partial charge is 0.323 e. The molecular formula is C23H22ClN3. The predicted molar refractivity (Wildman–Crippen MR) is 111 cm³/mol. The maximum Gasteiger partial charge on any atom is 0.110 e. The number of aryl methyl sites for hydroxylation is 4. The summed E-state index contributed by atoms with van der Waals surface area (Å²) in [6.07, 6.45) is 5.55. The summed E-state index contributed by atoms with van der Waals surface area (Å²) in [6.45, 7) is 5.09. The Hall–Kier alpha value is -2.65.